The highest BCUT2D eigenvalue weighted by atomic mass is 16.5. The van der Waals surface area contributed by atoms with Crippen LogP contribution in [0.3, 0.4) is 0 Å². The maximum absolute atomic E-state index is 5.75. The molecular weight excluding hydrogens is 352 g/mol. The van der Waals surface area contributed by atoms with E-state index in [9.17, 15) is 0 Å². The molecule has 3 aromatic heterocycles. The van der Waals surface area contributed by atoms with Crippen molar-refractivity contribution in [3.63, 3.8) is 0 Å². The summed E-state index contributed by atoms with van der Waals surface area (Å²) in [5.74, 6) is 1.56. The zero-order valence-corrected chi connectivity index (χ0v) is 16.3. The number of fused-ring (bicyclic) bond motifs is 3. The third-order valence-electron chi connectivity index (χ3n) is 5.40. The molecule has 5 rings (SSSR count). The maximum Gasteiger partial charge on any atom is 0.141 e. The second kappa shape index (κ2) is 6.05. The molecule has 0 radical (unpaired) electrons. The Hall–Kier alpha value is -3.41. The van der Waals surface area contributed by atoms with Gasteiger partial charge in [-0.05, 0) is 39.0 Å². The van der Waals surface area contributed by atoms with Gasteiger partial charge in [-0.15, -0.1) is 0 Å². The second-order valence-electron chi connectivity index (χ2n) is 7.05. The molecule has 140 valence electrons. The number of nitrogens with zero attached hydrogens (tertiary/aromatic N) is 3. The van der Waals surface area contributed by atoms with Crippen LogP contribution in [0.5, 0.6) is 5.75 Å². The summed E-state index contributed by atoms with van der Waals surface area (Å²) in [5, 5.41) is 6.26. The lowest BCUT2D eigenvalue weighted by molar-refractivity contribution is 0.393. The number of nitrogens with one attached hydrogen (secondary N) is 1. The molecule has 28 heavy (non-hydrogen) atoms. The van der Waals surface area contributed by atoms with Crippen LogP contribution in [0.2, 0.25) is 0 Å². The summed E-state index contributed by atoms with van der Waals surface area (Å²) >= 11 is 0. The Balaban J connectivity index is 1.84. The number of allylic oxidation sites excluding steroid dienone is 1. The first-order valence-electron chi connectivity index (χ1n) is 9.22. The van der Waals surface area contributed by atoms with Crippen molar-refractivity contribution >= 4 is 33.1 Å². The van der Waals surface area contributed by atoms with Gasteiger partial charge in [-0.25, -0.2) is 0 Å². The molecule has 0 amide bonds. The lowest BCUT2D eigenvalue weighted by Crippen LogP contribution is -1.96. The zero-order chi connectivity index (χ0) is 19.4. The molecule has 0 fully saturated rings. The van der Waals surface area contributed by atoms with Gasteiger partial charge < -0.3 is 14.2 Å². The number of methoxy groups -OCH3 is 1. The molecule has 6 nitrogen and oxygen atoms in total. The van der Waals surface area contributed by atoms with Gasteiger partial charge in [0.25, 0.3) is 0 Å². The van der Waals surface area contributed by atoms with E-state index >= 15 is 0 Å². The molecule has 0 saturated heterocycles. The minimum absolute atomic E-state index is 0.709. The summed E-state index contributed by atoms with van der Waals surface area (Å²) in [7, 11) is 1.69. The maximum atomic E-state index is 5.75. The topological polar surface area (TPSA) is 76.3 Å². The highest BCUT2D eigenvalue weighted by molar-refractivity contribution is 6.28. The fraction of sp³-hybridized carbons (Fsp3) is 0.227. The number of ether oxygens (including phenoxy) is 1. The van der Waals surface area contributed by atoms with Crippen LogP contribution in [0.1, 0.15) is 24.1 Å². The molecule has 1 aromatic carbocycles. The van der Waals surface area contributed by atoms with E-state index in [-0.39, 0.29) is 0 Å². The Labute approximate surface area is 161 Å². The molecule has 0 unspecified atom stereocenters. The average Bonchev–Trinajstić information content (AvgIpc) is 3.37. The van der Waals surface area contributed by atoms with Gasteiger partial charge in [0.1, 0.15) is 11.5 Å². The number of H-pyrrole nitrogens is 1. The van der Waals surface area contributed by atoms with Crippen LogP contribution in [0, 0.1) is 13.8 Å². The van der Waals surface area contributed by atoms with Gasteiger partial charge in [0, 0.05) is 39.3 Å². The largest absolute Gasteiger partial charge is 0.496 e. The molecule has 0 spiro atoms. The summed E-state index contributed by atoms with van der Waals surface area (Å²) in [6, 6.07) is 6.18. The summed E-state index contributed by atoms with van der Waals surface area (Å²) in [6.45, 7) is 6.60. The van der Waals surface area contributed by atoms with Crippen LogP contribution in [0.4, 0.5) is 0 Å². The first-order valence-corrected chi connectivity index (χ1v) is 9.22. The van der Waals surface area contributed by atoms with E-state index in [1.807, 2.05) is 33.0 Å². The number of hydrogen-bond donors (Lipinski definition) is 1. The van der Waals surface area contributed by atoms with Crippen molar-refractivity contribution in [1.82, 2.24) is 15.1 Å². The number of benzene rings is 1. The smallest absolute Gasteiger partial charge is 0.141 e. The van der Waals surface area contributed by atoms with Gasteiger partial charge in [0.15, 0.2) is 0 Å². The van der Waals surface area contributed by atoms with Crippen LogP contribution in [0.15, 0.2) is 40.0 Å². The number of aromatic nitrogens is 3. The summed E-state index contributed by atoms with van der Waals surface area (Å²) in [4.78, 5) is 12.7. The van der Waals surface area contributed by atoms with E-state index in [2.05, 4.69) is 38.3 Å². The molecular formula is C22H20N4O2. The number of hydrogen-bond acceptors (Lipinski definition) is 5. The summed E-state index contributed by atoms with van der Waals surface area (Å²) in [5.41, 5.74) is 7.91. The predicted molar refractivity (Wildman–Crippen MR) is 111 cm³/mol. The summed E-state index contributed by atoms with van der Waals surface area (Å²) < 4.78 is 11.1. The van der Waals surface area contributed by atoms with Crippen molar-refractivity contribution in [2.45, 2.75) is 20.8 Å². The molecule has 1 N–H and O–H groups in total. The number of aryl methyl sites for hydroxylation is 2. The van der Waals surface area contributed by atoms with Crippen molar-refractivity contribution in [2.75, 3.05) is 13.7 Å². The zero-order valence-electron chi connectivity index (χ0n) is 16.3. The highest BCUT2D eigenvalue weighted by Crippen LogP contribution is 2.41. The second-order valence-corrected chi connectivity index (χ2v) is 7.05. The standard InChI is InChI=1S/C22H20N4O2/c1-11-14(5-7-23-11)22-21-15-10-19(27-4)16(20-12(2)26-28-13(20)3)9-18(15)25-17(21)6-8-24-22/h5-6,8-10,25H,7H2,1-4H3. The Kier molecular flexibility index (Phi) is 3.62. The quantitative estimate of drug-likeness (QED) is 0.557. The van der Waals surface area contributed by atoms with E-state index in [1.165, 1.54) is 0 Å². The first kappa shape index (κ1) is 16.7. The van der Waals surface area contributed by atoms with Gasteiger partial charge in [0.2, 0.25) is 0 Å². The Bertz CT molecular complexity index is 1290. The molecule has 0 aliphatic carbocycles. The van der Waals surface area contributed by atoms with Crippen molar-refractivity contribution in [2.24, 2.45) is 4.99 Å². The molecule has 1 aliphatic rings. The average molecular weight is 372 g/mol. The van der Waals surface area contributed by atoms with Crippen LogP contribution in [-0.2, 0) is 0 Å². The predicted octanol–water partition coefficient (Wildman–Crippen LogP) is 4.85. The Morgan fingerprint density at radius 2 is 2.00 bits per heavy atom. The molecule has 6 heteroatoms. The molecule has 1 aliphatic heterocycles. The van der Waals surface area contributed by atoms with E-state index in [1.54, 1.807) is 7.11 Å². The Morgan fingerprint density at radius 3 is 2.68 bits per heavy atom. The lowest BCUT2D eigenvalue weighted by atomic mass is 9.99. The molecule has 0 atom stereocenters. The number of rotatable bonds is 3. The SMILES string of the molecule is COc1cc2c(cc1-c1c(C)noc1C)[nH]c1ccnc(C3=CCN=C3C)c12. The summed E-state index contributed by atoms with van der Waals surface area (Å²) in [6.07, 6.45) is 3.97. The van der Waals surface area contributed by atoms with Crippen LogP contribution >= 0.6 is 0 Å². The van der Waals surface area contributed by atoms with Crippen molar-refractivity contribution in [1.29, 1.82) is 0 Å². The molecule has 4 heterocycles. The van der Waals surface area contributed by atoms with E-state index in [4.69, 9.17) is 9.26 Å². The number of aromatic amines is 1. The normalized spacial score (nSPS) is 14.0. The van der Waals surface area contributed by atoms with E-state index < -0.39 is 0 Å². The fourth-order valence-electron chi connectivity index (χ4n) is 4.08. The monoisotopic (exact) mass is 372 g/mol. The van der Waals surface area contributed by atoms with Gasteiger partial charge in [0.05, 0.1) is 36.1 Å². The van der Waals surface area contributed by atoms with Crippen molar-refractivity contribution in [3.8, 4) is 16.9 Å². The van der Waals surface area contributed by atoms with Crippen LogP contribution in [-0.4, -0.2) is 34.5 Å². The van der Waals surface area contributed by atoms with Gasteiger partial charge >= 0.3 is 0 Å². The van der Waals surface area contributed by atoms with Gasteiger partial charge in [-0.1, -0.05) is 11.2 Å². The van der Waals surface area contributed by atoms with Crippen molar-refractivity contribution in [3.05, 3.63) is 47.6 Å². The third kappa shape index (κ3) is 2.30. The van der Waals surface area contributed by atoms with Crippen LogP contribution < -0.4 is 4.74 Å². The molecule has 4 aromatic rings. The third-order valence-corrected chi connectivity index (χ3v) is 5.40. The van der Waals surface area contributed by atoms with Crippen molar-refractivity contribution < 1.29 is 9.26 Å². The highest BCUT2D eigenvalue weighted by Gasteiger charge is 2.21. The number of aliphatic imine (C=N–C) groups is 1. The Morgan fingerprint density at radius 1 is 1.14 bits per heavy atom. The molecule has 0 saturated carbocycles. The minimum atomic E-state index is 0.709. The lowest BCUT2D eigenvalue weighted by Gasteiger charge is -2.09. The fourth-order valence-corrected chi connectivity index (χ4v) is 4.08. The van der Waals surface area contributed by atoms with E-state index in [0.29, 0.717) is 6.54 Å². The molecule has 0 bridgehead atoms. The first-order chi connectivity index (χ1) is 13.6. The van der Waals surface area contributed by atoms with Gasteiger partial charge in [-0.2, -0.15) is 0 Å². The van der Waals surface area contributed by atoms with Crippen LogP contribution in [0.25, 0.3) is 38.5 Å². The van der Waals surface area contributed by atoms with E-state index in [0.717, 1.165) is 67.1 Å². The minimum Gasteiger partial charge on any atom is -0.496 e. The van der Waals surface area contributed by atoms with Gasteiger partial charge in [-0.3, -0.25) is 9.98 Å². The number of pyridine rings is 1.